The maximum absolute atomic E-state index is 12.4. The maximum atomic E-state index is 12.4. The highest BCUT2D eigenvalue weighted by Crippen LogP contribution is 2.32. The van der Waals surface area contributed by atoms with Crippen molar-refractivity contribution in [3.8, 4) is 0 Å². The number of halogens is 4. The number of nitrogens with one attached hydrogen (secondary N) is 2. The molecule has 1 atom stereocenters. The summed E-state index contributed by atoms with van der Waals surface area (Å²) >= 11 is 24.0. The highest BCUT2D eigenvalue weighted by Gasteiger charge is 2.34. The van der Waals surface area contributed by atoms with Crippen molar-refractivity contribution in [3.05, 3.63) is 64.7 Å². The van der Waals surface area contributed by atoms with Gasteiger partial charge in [0.25, 0.3) is 5.91 Å². The first-order valence-corrected chi connectivity index (χ1v) is 8.24. The first-order valence-electron chi connectivity index (χ1n) is 6.72. The molecule has 23 heavy (non-hydrogen) atoms. The summed E-state index contributed by atoms with van der Waals surface area (Å²) in [5, 5.41) is 6.07. The number of amides is 1. The van der Waals surface area contributed by atoms with Crippen LogP contribution in [-0.4, -0.2) is 15.9 Å². The molecule has 0 aliphatic heterocycles. The van der Waals surface area contributed by atoms with Gasteiger partial charge >= 0.3 is 0 Å². The number of rotatable bonds is 4. The SMILES string of the molecule is Cc1cccc(C(=O)NC(Nc2ccccc2Cl)C(Cl)(Cl)Cl)c1. The number of benzene rings is 2. The third kappa shape index (κ3) is 5.18. The molecule has 1 unspecified atom stereocenters. The van der Waals surface area contributed by atoms with E-state index in [-0.39, 0.29) is 5.91 Å². The summed E-state index contributed by atoms with van der Waals surface area (Å²) in [7, 11) is 0. The summed E-state index contributed by atoms with van der Waals surface area (Å²) in [6.07, 6.45) is -0.958. The quantitative estimate of drug-likeness (QED) is 0.556. The van der Waals surface area contributed by atoms with Gasteiger partial charge in [0.2, 0.25) is 3.79 Å². The number of alkyl halides is 3. The van der Waals surface area contributed by atoms with Gasteiger partial charge in [-0.2, -0.15) is 0 Å². The molecular formula is C16H14Cl4N2O. The lowest BCUT2D eigenvalue weighted by Crippen LogP contribution is -2.49. The standard InChI is InChI=1S/C16H14Cl4N2O/c1-10-5-4-6-11(9-10)14(23)22-15(16(18,19)20)21-13-8-3-2-7-12(13)17/h2-9,15,21H,1H3,(H,22,23). The molecule has 1 amide bonds. The third-order valence-corrected chi connectivity index (χ3v) is 4.04. The Balaban J connectivity index is 2.20. The maximum Gasteiger partial charge on any atom is 0.252 e. The van der Waals surface area contributed by atoms with Gasteiger partial charge in [-0.15, -0.1) is 0 Å². The Hall–Kier alpha value is -1.13. The molecule has 0 aliphatic rings. The van der Waals surface area contributed by atoms with E-state index in [1.54, 1.807) is 42.5 Å². The van der Waals surface area contributed by atoms with E-state index in [2.05, 4.69) is 10.6 Å². The van der Waals surface area contributed by atoms with E-state index in [0.717, 1.165) is 5.56 Å². The van der Waals surface area contributed by atoms with Crippen molar-refractivity contribution in [2.75, 3.05) is 5.32 Å². The zero-order chi connectivity index (χ0) is 17.0. The first kappa shape index (κ1) is 18.2. The lowest BCUT2D eigenvalue weighted by atomic mass is 10.1. The van der Waals surface area contributed by atoms with Crippen molar-refractivity contribution in [3.63, 3.8) is 0 Å². The van der Waals surface area contributed by atoms with Gasteiger partial charge in [-0.25, -0.2) is 0 Å². The van der Waals surface area contributed by atoms with E-state index in [9.17, 15) is 4.79 Å². The normalized spacial score (nSPS) is 12.6. The molecule has 0 heterocycles. The molecule has 122 valence electrons. The molecule has 2 rings (SSSR count). The topological polar surface area (TPSA) is 41.1 Å². The average molecular weight is 392 g/mol. The molecule has 0 spiro atoms. The van der Waals surface area contributed by atoms with Crippen molar-refractivity contribution in [1.29, 1.82) is 0 Å². The first-order chi connectivity index (χ1) is 10.8. The second-order valence-electron chi connectivity index (χ2n) is 4.94. The lowest BCUT2D eigenvalue weighted by Gasteiger charge is -2.27. The van der Waals surface area contributed by atoms with Crippen LogP contribution in [0.4, 0.5) is 5.69 Å². The summed E-state index contributed by atoms with van der Waals surface area (Å²) in [4.78, 5) is 12.4. The number of aryl methyl sites for hydroxylation is 1. The van der Waals surface area contributed by atoms with Gasteiger partial charge in [-0.1, -0.05) is 76.2 Å². The van der Waals surface area contributed by atoms with Gasteiger partial charge in [0.15, 0.2) is 0 Å². The van der Waals surface area contributed by atoms with Crippen LogP contribution >= 0.6 is 46.4 Å². The fourth-order valence-corrected chi connectivity index (χ4v) is 2.45. The van der Waals surface area contributed by atoms with E-state index in [1.165, 1.54) is 0 Å². The van der Waals surface area contributed by atoms with Crippen LogP contribution in [0.15, 0.2) is 48.5 Å². The molecule has 0 fully saturated rings. The van der Waals surface area contributed by atoms with Crippen LogP contribution in [0.2, 0.25) is 5.02 Å². The second-order valence-corrected chi connectivity index (χ2v) is 7.72. The molecule has 7 heteroatoms. The minimum Gasteiger partial charge on any atom is -0.361 e. The van der Waals surface area contributed by atoms with E-state index in [0.29, 0.717) is 16.3 Å². The Kier molecular flexibility index (Phi) is 6.04. The number of hydrogen-bond donors (Lipinski definition) is 2. The predicted octanol–water partition coefficient (Wildman–Crippen LogP) is 5.19. The molecule has 0 bridgehead atoms. The van der Waals surface area contributed by atoms with Crippen LogP contribution in [0.3, 0.4) is 0 Å². The molecule has 0 aromatic heterocycles. The molecule has 0 aliphatic carbocycles. The Morgan fingerprint density at radius 1 is 1.09 bits per heavy atom. The Labute approximate surface area is 154 Å². The van der Waals surface area contributed by atoms with Crippen LogP contribution in [0.25, 0.3) is 0 Å². The number of hydrogen-bond acceptors (Lipinski definition) is 2. The molecule has 2 aromatic carbocycles. The largest absolute Gasteiger partial charge is 0.361 e. The summed E-state index contributed by atoms with van der Waals surface area (Å²) in [5.41, 5.74) is 1.99. The van der Waals surface area contributed by atoms with Crippen molar-refractivity contribution < 1.29 is 4.79 Å². The summed E-state index contributed by atoms with van der Waals surface area (Å²) < 4.78 is -1.77. The number of para-hydroxylation sites is 1. The van der Waals surface area contributed by atoms with Gasteiger partial charge in [-0.3, -0.25) is 4.79 Å². The minimum atomic E-state index is -1.77. The van der Waals surface area contributed by atoms with E-state index >= 15 is 0 Å². The van der Waals surface area contributed by atoms with Crippen molar-refractivity contribution in [2.24, 2.45) is 0 Å². The van der Waals surface area contributed by atoms with Crippen LogP contribution in [-0.2, 0) is 0 Å². The molecular weight excluding hydrogens is 378 g/mol. The zero-order valence-electron chi connectivity index (χ0n) is 12.1. The fourth-order valence-electron chi connectivity index (χ4n) is 1.93. The van der Waals surface area contributed by atoms with Crippen molar-refractivity contribution >= 4 is 58.0 Å². The van der Waals surface area contributed by atoms with E-state index in [1.807, 2.05) is 13.0 Å². The summed E-state index contributed by atoms with van der Waals surface area (Å²) in [5.74, 6) is -0.357. The Bertz CT molecular complexity index is 700. The average Bonchev–Trinajstić information content (AvgIpc) is 2.47. The highest BCUT2D eigenvalue weighted by atomic mass is 35.6. The number of carbonyl (C=O) groups excluding carboxylic acids is 1. The Morgan fingerprint density at radius 3 is 2.39 bits per heavy atom. The molecule has 3 nitrogen and oxygen atoms in total. The van der Waals surface area contributed by atoms with Crippen LogP contribution in [0.1, 0.15) is 15.9 Å². The Morgan fingerprint density at radius 2 is 1.78 bits per heavy atom. The second kappa shape index (κ2) is 7.63. The molecule has 0 radical (unpaired) electrons. The molecule has 2 aromatic rings. The lowest BCUT2D eigenvalue weighted by molar-refractivity contribution is 0.0941. The van der Waals surface area contributed by atoms with Gasteiger partial charge in [0.1, 0.15) is 6.17 Å². The van der Waals surface area contributed by atoms with E-state index < -0.39 is 9.96 Å². The van der Waals surface area contributed by atoms with Gasteiger partial charge < -0.3 is 10.6 Å². The molecule has 0 saturated carbocycles. The number of carbonyl (C=O) groups is 1. The highest BCUT2D eigenvalue weighted by molar-refractivity contribution is 6.68. The summed E-state index contributed by atoms with van der Waals surface area (Å²) in [6.45, 7) is 1.89. The minimum absolute atomic E-state index is 0.357. The van der Waals surface area contributed by atoms with E-state index in [4.69, 9.17) is 46.4 Å². The smallest absolute Gasteiger partial charge is 0.252 e. The van der Waals surface area contributed by atoms with Gasteiger partial charge in [-0.05, 0) is 31.2 Å². The van der Waals surface area contributed by atoms with Crippen LogP contribution in [0, 0.1) is 6.92 Å². The monoisotopic (exact) mass is 390 g/mol. The number of anilines is 1. The van der Waals surface area contributed by atoms with Crippen molar-refractivity contribution in [1.82, 2.24) is 5.32 Å². The van der Waals surface area contributed by atoms with Gasteiger partial charge in [0, 0.05) is 5.56 Å². The predicted molar refractivity (Wildman–Crippen MR) is 97.8 cm³/mol. The van der Waals surface area contributed by atoms with Crippen molar-refractivity contribution in [2.45, 2.75) is 16.9 Å². The fraction of sp³-hybridized carbons (Fsp3) is 0.188. The zero-order valence-corrected chi connectivity index (χ0v) is 15.1. The van der Waals surface area contributed by atoms with Crippen LogP contribution < -0.4 is 10.6 Å². The van der Waals surface area contributed by atoms with Crippen LogP contribution in [0.5, 0.6) is 0 Å². The molecule has 2 N–H and O–H groups in total. The summed E-state index contributed by atoms with van der Waals surface area (Å²) in [6, 6.07) is 14.1. The molecule has 0 saturated heterocycles. The third-order valence-electron chi connectivity index (χ3n) is 3.06. The van der Waals surface area contributed by atoms with Gasteiger partial charge in [0.05, 0.1) is 10.7 Å².